The van der Waals surface area contributed by atoms with Crippen molar-refractivity contribution in [2.75, 3.05) is 34.3 Å². The zero-order chi connectivity index (χ0) is 22.0. The molecule has 3 heterocycles. The van der Waals surface area contributed by atoms with E-state index >= 15 is 0 Å². The van der Waals surface area contributed by atoms with E-state index in [2.05, 4.69) is 76.0 Å². The molecule has 2 aromatic heterocycles. The average molecular weight is 436 g/mol. The Hall–Kier alpha value is -2.90. The Morgan fingerprint density at radius 2 is 1.87 bits per heavy atom. The molecule has 6 nitrogen and oxygen atoms in total. The lowest BCUT2D eigenvalue weighted by atomic mass is 10.0. The van der Waals surface area contributed by atoms with Gasteiger partial charge in [-0.05, 0) is 81.8 Å². The van der Waals surface area contributed by atoms with E-state index in [1.807, 2.05) is 30.5 Å². The van der Waals surface area contributed by atoms with E-state index in [4.69, 9.17) is 17.0 Å². The summed E-state index contributed by atoms with van der Waals surface area (Å²) in [6, 6.07) is 18.6. The molecular formula is C24H29N5OS. The number of hydrogen-bond donors (Lipinski definition) is 1. The maximum absolute atomic E-state index is 5.79. The molecule has 4 rings (SSSR count). The third-order valence-electron chi connectivity index (χ3n) is 5.73. The molecule has 0 bridgehead atoms. The zero-order valence-electron chi connectivity index (χ0n) is 18.4. The third-order valence-corrected chi connectivity index (χ3v) is 6.08. The summed E-state index contributed by atoms with van der Waals surface area (Å²) in [5.74, 6) is 0.845. The third kappa shape index (κ3) is 4.29. The van der Waals surface area contributed by atoms with Crippen LogP contribution in [0.4, 0.5) is 0 Å². The van der Waals surface area contributed by atoms with E-state index in [9.17, 15) is 0 Å². The fraction of sp³-hybridized carbons (Fsp3) is 0.333. The number of likely N-dealkylation sites (N-methyl/N-ethyl adjacent to an activating group) is 1. The van der Waals surface area contributed by atoms with Gasteiger partial charge in [0.05, 0.1) is 24.9 Å². The summed E-state index contributed by atoms with van der Waals surface area (Å²) < 4.78 is 7.65. The van der Waals surface area contributed by atoms with Gasteiger partial charge >= 0.3 is 0 Å². The number of aryl methyl sites for hydroxylation is 1. The van der Waals surface area contributed by atoms with Crippen LogP contribution in [0.1, 0.15) is 29.2 Å². The van der Waals surface area contributed by atoms with Crippen LogP contribution in [0.2, 0.25) is 0 Å². The fourth-order valence-corrected chi connectivity index (χ4v) is 4.48. The van der Waals surface area contributed by atoms with Gasteiger partial charge in [-0.2, -0.15) is 0 Å². The summed E-state index contributed by atoms with van der Waals surface area (Å²) in [4.78, 5) is 9.12. The maximum atomic E-state index is 5.79. The molecule has 0 spiro atoms. The van der Waals surface area contributed by atoms with E-state index in [0.29, 0.717) is 0 Å². The van der Waals surface area contributed by atoms with Gasteiger partial charge in [-0.15, -0.1) is 0 Å². The number of methoxy groups -OCH3 is 1. The smallest absolute Gasteiger partial charge is 0.170 e. The molecule has 1 aliphatic heterocycles. The highest BCUT2D eigenvalue weighted by atomic mass is 32.1. The summed E-state index contributed by atoms with van der Waals surface area (Å²) in [7, 11) is 5.86. The highest BCUT2D eigenvalue weighted by Crippen LogP contribution is 2.40. The summed E-state index contributed by atoms with van der Waals surface area (Å²) in [5.41, 5.74) is 4.44. The Bertz CT molecular complexity index is 1030. The largest absolute Gasteiger partial charge is 0.497 e. The van der Waals surface area contributed by atoms with Gasteiger partial charge in [-0.1, -0.05) is 6.07 Å². The summed E-state index contributed by atoms with van der Waals surface area (Å²) in [6.45, 7) is 3.88. The van der Waals surface area contributed by atoms with Crippen LogP contribution in [0.5, 0.6) is 5.75 Å². The molecule has 2 unspecified atom stereocenters. The predicted octanol–water partition coefficient (Wildman–Crippen LogP) is 3.72. The lowest BCUT2D eigenvalue weighted by Crippen LogP contribution is -2.36. The van der Waals surface area contributed by atoms with Crippen molar-refractivity contribution in [3.63, 3.8) is 0 Å². The van der Waals surface area contributed by atoms with E-state index in [1.165, 1.54) is 11.4 Å². The second-order valence-corrected chi connectivity index (χ2v) is 8.44. The van der Waals surface area contributed by atoms with Crippen molar-refractivity contribution in [2.45, 2.75) is 19.0 Å². The lowest BCUT2D eigenvalue weighted by Gasteiger charge is -2.30. The first-order valence-electron chi connectivity index (χ1n) is 10.4. The number of aromatic nitrogens is 2. The Labute approximate surface area is 189 Å². The van der Waals surface area contributed by atoms with Crippen LogP contribution < -0.4 is 10.1 Å². The Balaban J connectivity index is 1.80. The lowest BCUT2D eigenvalue weighted by molar-refractivity contribution is 0.272. The first-order valence-corrected chi connectivity index (χ1v) is 10.9. The van der Waals surface area contributed by atoms with Gasteiger partial charge in [-0.25, -0.2) is 0 Å². The molecule has 162 valence electrons. The summed E-state index contributed by atoms with van der Waals surface area (Å²) in [5, 5.41) is 4.31. The van der Waals surface area contributed by atoms with Crippen LogP contribution in [-0.2, 0) is 0 Å². The summed E-state index contributed by atoms with van der Waals surface area (Å²) >= 11 is 5.79. The molecule has 2 atom stereocenters. The van der Waals surface area contributed by atoms with Crippen molar-refractivity contribution in [1.82, 2.24) is 24.7 Å². The topological polar surface area (TPSA) is 45.6 Å². The van der Waals surface area contributed by atoms with Gasteiger partial charge in [-0.3, -0.25) is 4.98 Å². The monoisotopic (exact) mass is 435 g/mol. The number of pyridine rings is 1. The molecule has 1 fully saturated rings. The van der Waals surface area contributed by atoms with Crippen molar-refractivity contribution in [3.05, 3.63) is 77.9 Å². The molecule has 31 heavy (non-hydrogen) atoms. The number of ether oxygens (including phenoxy) is 1. The van der Waals surface area contributed by atoms with Gasteiger partial charge in [0.25, 0.3) is 0 Å². The number of benzene rings is 1. The zero-order valence-corrected chi connectivity index (χ0v) is 19.3. The van der Waals surface area contributed by atoms with Crippen molar-refractivity contribution < 1.29 is 4.74 Å². The minimum atomic E-state index is -0.0258. The first kappa shape index (κ1) is 21.3. The minimum absolute atomic E-state index is 0.0258. The quantitative estimate of drug-likeness (QED) is 0.571. The molecule has 1 N–H and O–H groups in total. The molecule has 7 heteroatoms. The average Bonchev–Trinajstić information content (AvgIpc) is 3.32. The summed E-state index contributed by atoms with van der Waals surface area (Å²) in [6.07, 6.45) is 1.84. The predicted molar refractivity (Wildman–Crippen MR) is 128 cm³/mol. The van der Waals surface area contributed by atoms with E-state index in [0.717, 1.165) is 35.3 Å². The number of nitrogens with one attached hydrogen (secondary N) is 1. The van der Waals surface area contributed by atoms with Crippen LogP contribution in [0.15, 0.2) is 60.8 Å². The van der Waals surface area contributed by atoms with Gasteiger partial charge in [0.1, 0.15) is 5.75 Å². The highest BCUT2D eigenvalue weighted by Gasteiger charge is 2.41. The van der Waals surface area contributed by atoms with Crippen molar-refractivity contribution in [2.24, 2.45) is 0 Å². The van der Waals surface area contributed by atoms with Gasteiger partial charge < -0.3 is 24.4 Å². The second kappa shape index (κ2) is 9.08. The molecule has 1 aliphatic rings. The Morgan fingerprint density at radius 3 is 2.52 bits per heavy atom. The van der Waals surface area contributed by atoms with E-state index in [1.54, 1.807) is 7.11 Å². The molecule has 1 saturated heterocycles. The molecule has 0 amide bonds. The van der Waals surface area contributed by atoms with Gasteiger partial charge in [0.15, 0.2) is 5.11 Å². The fourth-order valence-electron chi connectivity index (χ4n) is 4.15. The van der Waals surface area contributed by atoms with Gasteiger partial charge in [0, 0.05) is 36.4 Å². The standard InChI is InChI=1S/C24H29N5OS/c1-17-8-13-21(29(17)18-9-11-19(30-4)12-10-18)23-22(20-7-5-6-14-25-20)26-24(31)28(23)16-15-27(2)3/h5-14,22-23H,15-16H2,1-4H3,(H,26,31). The van der Waals surface area contributed by atoms with Crippen LogP contribution in [0, 0.1) is 6.92 Å². The normalized spacial score (nSPS) is 18.5. The Kier molecular flexibility index (Phi) is 6.25. The molecule has 0 saturated carbocycles. The van der Waals surface area contributed by atoms with E-state index < -0.39 is 0 Å². The molecule has 0 aliphatic carbocycles. The molecule has 0 radical (unpaired) electrons. The van der Waals surface area contributed by atoms with E-state index in [-0.39, 0.29) is 12.1 Å². The Morgan fingerprint density at radius 1 is 1.10 bits per heavy atom. The number of rotatable bonds is 7. The number of hydrogen-bond acceptors (Lipinski definition) is 4. The number of nitrogens with zero attached hydrogens (tertiary/aromatic N) is 4. The second-order valence-electron chi connectivity index (χ2n) is 8.06. The van der Waals surface area contributed by atoms with Crippen LogP contribution >= 0.6 is 12.2 Å². The van der Waals surface area contributed by atoms with Crippen molar-refractivity contribution in [1.29, 1.82) is 0 Å². The van der Waals surface area contributed by atoms with Crippen LogP contribution in [0.3, 0.4) is 0 Å². The highest BCUT2D eigenvalue weighted by molar-refractivity contribution is 7.80. The number of thiocarbonyl (C=S) groups is 1. The van der Waals surface area contributed by atoms with Crippen LogP contribution in [-0.4, -0.2) is 58.8 Å². The molecule has 1 aromatic carbocycles. The SMILES string of the molecule is COc1ccc(-n2c(C)ccc2C2C(c3ccccn3)NC(=S)N2CCN(C)C)cc1. The van der Waals surface area contributed by atoms with Crippen LogP contribution in [0.25, 0.3) is 5.69 Å². The maximum Gasteiger partial charge on any atom is 0.170 e. The van der Waals surface area contributed by atoms with Crippen molar-refractivity contribution in [3.8, 4) is 11.4 Å². The minimum Gasteiger partial charge on any atom is -0.497 e. The molecular weight excluding hydrogens is 406 g/mol. The van der Waals surface area contributed by atoms with Crippen molar-refractivity contribution >= 4 is 17.3 Å². The van der Waals surface area contributed by atoms with Gasteiger partial charge in [0.2, 0.25) is 0 Å². The first-order chi connectivity index (χ1) is 15.0. The molecule has 3 aromatic rings.